The van der Waals surface area contributed by atoms with Gasteiger partial charge in [0, 0.05) is 39.1 Å². The average molecular weight is 357 g/mol. The normalized spacial score (nSPS) is 18.6. The summed E-state index contributed by atoms with van der Waals surface area (Å²) in [5, 5.41) is 0. The Morgan fingerprint density at radius 2 is 2.12 bits per heavy atom. The van der Waals surface area contributed by atoms with E-state index in [4.69, 9.17) is 0 Å². The molecule has 3 rings (SSSR count). The van der Waals surface area contributed by atoms with Crippen LogP contribution in [-0.4, -0.2) is 58.0 Å². The third-order valence-electron chi connectivity index (χ3n) is 5.63. The van der Waals surface area contributed by atoms with E-state index >= 15 is 0 Å². The molecule has 1 amide bonds. The van der Waals surface area contributed by atoms with Crippen molar-refractivity contribution in [3.63, 3.8) is 0 Å². The Balaban J connectivity index is 1.55. The minimum absolute atomic E-state index is 0.226. The molecule has 0 saturated carbocycles. The van der Waals surface area contributed by atoms with Gasteiger partial charge in [0.15, 0.2) is 0 Å². The quantitative estimate of drug-likeness (QED) is 0.797. The number of nitrogens with zero attached hydrogens (tertiary/aromatic N) is 4. The number of hydrogen-bond donors (Lipinski definition) is 0. The first-order valence-corrected chi connectivity index (χ1v) is 9.85. The minimum Gasteiger partial charge on any atom is -0.345 e. The number of para-hydroxylation sites is 2. The maximum Gasteiger partial charge on any atom is 0.224 e. The highest BCUT2D eigenvalue weighted by atomic mass is 16.2. The molecular weight excluding hydrogens is 324 g/mol. The number of imidazole rings is 1. The number of rotatable bonds is 6. The van der Waals surface area contributed by atoms with Crippen LogP contribution in [0.25, 0.3) is 11.0 Å². The van der Waals surface area contributed by atoms with E-state index < -0.39 is 0 Å². The molecule has 1 unspecified atom stereocenters. The molecule has 2 heterocycles. The van der Waals surface area contributed by atoms with Crippen molar-refractivity contribution in [3.8, 4) is 0 Å². The summed E-state index contributed by atoms with van der Waals surface area (Å²) in [5.41, 5.74) is 2.11. The molecule has 26 heavy (non-hydrogen) atoms. The molecule has 2 aromatic rings. The smallest absolute Gasteiger partial charge is 0.224 e. The Morgan fingerprint density at radius 3 is 2.88 bits per heavy atom. The first-order chi connectivity index (χ1) is 12.5. The van der Waals surface area contributed by atoms with Gasteiger partial charge in [0.05, 0.1) is 11.0 Å². The van der Waals surface area contributed by atoms with Gasteiger partial charge in [-0.1, -0.05) is 12.1 Å². The minimum atomic E-state index is 0.226. The summed E-state index contributed by atoms with van der Waals surface area (Å²) in [6.45, 7) is 10.4. The first-order valence-electron chi connectivity index (χ1n) is 9.85. The summed E-state index contributed by atoms with van der Waals surface area (Å²) in [5.74, 6) is 1.79. The van der Waals surface area contributed by atoms with Gasteiger partial charge in [0.25, 0.3) is 0 Å². The number of carbonyl (C=O) groups excluding carboxylic acids is 1. The molecule has 5 heteroatoms. The molecule has 1 saturated heterocycles. The Kier molecular flexibility index (Phi) is 5.97. The number of amides is 1. The Labute approximate surface area is 157 Å². The molecule has 0 spiro atoms. The molecule has 0 aliphatic carbocycles. The molecule has 1 aliphatic rings. The van der Waals surface area contributed by atoms with Crippen LogP contribution >= 0.6 is 0 Å². The zero-order valence-electron chi connectivity index (χ0n) is 16.6. The third-order valence-corrected chi connectivity index (χ3v) is 5.63. The van der Waals surface area contributed by atoms with Gasteiger partial charge in [-0.05, 0) is 58.2 Å². The molecule has 1 aromatic carbocycles. The number of likely N-dealkylation sites (tertiary alicyclic amines) is 1. The molecule has 142 valence electrons. The molecule has 0 N–H and O–H groups in total. The Bertz CT molecular complexity index is 752. The molecule has 0 radical (unpaired) electrons. The molecular formula is C21H32N4O. The lowest BCUT2D eigenvalue weighted by atomic mass is 9.96. The number of benzene rings is 1. The van der Waals surface area contributed by atoms with Crippen LogP contribution in [0.15, 0.2) is 24.3 Å². The monoisotopic (exact) mass is 356 g/mol. The highest BCUT2D eigenvalue weighted by molar-refractivity contribution is 5.78. The molecule has 1 atom stereocenters. The standard InChI is InChI=1S/C21H32N4O/c1-16(2)24-12-7-8-18(15-24)14-23(4)21(26)11-13-25-17(3)22-19-9-5-6-10-20(19)25/h5-6,9-10,16,18H,7-8,11-15H2,1-4H3. The second kappa shape index (κ2) is 8.21. The molecule has 1 aliphatic heterocycles. The lowest BCUT2D eigenvalue weighted by Crippen LogP contribution is -2.44. The van der Waals surface area contributed by atoms with Crippen LogP contribution in [0.3, 0.4) is 0 Å². The lowest BCUT2D eigenvalue weighted by molar-refractivity contribution is -0.131. The van der Waals surface area contributed by atoms with Crippen molar-refractivity contribution in [2.75, 3.05) is 26.7 Å². The van der Waals surface area contributed by atoms with Gasteiger partial charge in [0.2, 0.25) is 5.91 Å². The average Bonchev–Trinajstić information content (AvgIpc) is 2.95. The van der Waals surface area contributed by atoms with Crippen LogP contribution in [0.5, 0.6) is 0 Å². The number of aromatic nitrogens is 2. The topological polar surface area (TPSA) is 41.4 Å². The summed E-state index contributed by atoms with van der Waals surface area (Å²) >= 11 is 0. The summed E-state index contributed by atoms with van der Waals surface area (Å²) in [6.07, 6.45) is 3.00. The van der Waals surface area contributed by atoms with Crippen molar-refractivity contribution in [3.05, 3.63) is 30.1 Å². The predicted octanol–water partition coefficient (Wildman–Crippen LogP) is 3.31. The highest BCUT2D eigenvalue weighted by Crippen LogP contribution is 2.20. The van der Waals surface area contributed by atoms with E-state index in [2.05, 4.69) is 34.4 Å². The second-order valence-corrected chi connectivity index (χ2v) is 7.92. The Morgan fingerprint density at radius 1 is 1.35 bits per heavy atom. The van der Waals surface area contributed by atoms with Gasteiger partial charge in [-0.15, -0.1) is 0 Å². The zero-order valence-corrected chi connectivity index (χ0v) is 16.6. The van der Waals surface area contributed by atoms with Gasteiger partial charge >= 0.3 is 0 Å². The predicted molar refractivity (Wildman–Crippen MR) is 106 cm³/mol. The summed E-state index contributed by atoms with van der Waals surface area (Å²) in [6, 6.07) is 8.72. The fraction of sp³-hybridized carbons (Fsp3) is 0.619. The van der Waals surface area contributed by atoms with Crippen LogP contribution in [0.1, 0.15) is 38.9 Å². The van der Waals surface area contributed by atoms with Gasteiger partial charge in [-0.25, -0.2) is 4.98 Å². The first kappa shape index (κ1) is 18.9. The van der Waals surface area contributed by atoms with E-state index in [1.807, 2.05) is 37.1 Å². The molecule has 1 fully saturated rings. The maximum atomic E-state index is 12.7. The summed E-state index contributed by atoms with van der Waals surface area (Å²) in [4.78, 5) is 21.7. The van der Waals surface area contributed by atoms with E-state index in [1.54, 1.807) is 0 Å². The zero-order chi connectivity index (χ0) is 18.7. The molecule has 5 nitrogen and oxygen atoms in total. The highest BCUT2D eigenvalue weighted by Gasteiger charge is 2.24. The second-order valence-electron chi connectivity index (χ2n) is 7.92. The SMILES string of the molecule is Cc1nc2ccccc2n1CCC(=O)N(C)CC1CCCN(C(C)C)C1. The van der Waals surface area contributed by atoms with Gasteiger partial charge in [-0.2, -0.15) is 0 Å². The van der Waals surface area contributed by atoms with E-state index in [-0.39, 0.29) is 5.91 Å². The number of hydrogen-bond acceptors (Lipinski definition) is 3. The summed E-state index contributed by atoms with van der Waals surface area (Å²) in [7, 11) is 1.95. The van der Waals surface area contributed by atoms with Crippen LogP contribution in [0.4, 0.5) is 0 Å². The van der Waals surface area contributed by atoms with Crippen molar-refractivity contribution in [2.45, 2.75) is 52.6 Å². The van der Waals surface area contributed by atoms with Crippen molar-refractivity contribution in [1.82, 2.24) is 19.4 Å². The van der Waals surface area contributed by atoms with Gasteiger partial charge in [0.1, 0.15) is 5.82 Å². The van der Waals surface area contributed by atoms with Crippen LogP contribution in [0.2, 0.25) is 0 Å². The van der Waals surface area contributed by atoms with Crippen molar-refractivity contribution in [1.29, 1.82) is 0 Å². The van der Waals surface area contributed by atoms with Crippen LogP contribution < -0.4 is 0 Å². The van der Waals surface area contributed by atoms with Crippen molar-refractivity contribution in [2.24, 2.45) is 5.92 Å². The number of fused-ring (bicyclic) bond motifs is 1. The Hall–Kier alpha value is -1.88. The van der Waals surface area contributed by atoms with Gasteiger partial charge < -0.3 is 14.4 Å². The van der Waals surface area contributed by atoms with Crippen LogP contribution in [0, 0.1) is 12.8 Å². The third kappa shape index (κ3) is 4.26. The lowest BCUT2D eigenvalue weighted by Gasteiger charge is -2.37. The van der Waals surface area contributed by atoms with E-state index in [0.29, 0.717) is 24.9 Å². The number of carbonyl (C=O) groups is 1. The maximum absolute atomic E-state index is 12.7. The molecule has 0 bridgehead atoms. The number of aryl methyl sites for hydroxylation is 2. The summed E-state index contributed by atoms with van der Waals surface area (Å²) < 4.78 is 2.15. The fourth-order valence-electron chi connectivity index (χ4n) is 4.08. The van der Waals surface area contributed by atoms with E-state index in [1.165, 1.54) is 19.4 Å². The molecule has 1 aromatic heterocycles. The van der Waals surface area contributed by atoms with Crippen molar-refractivity contribution >= 4 is 16.9 Å². The van der Waals surface area contributed by atoms with Crippen molar-refractivity contribution < 1.29 is 4.79 Å². The van der Waals surface area contributed by atoms with Crippen LogP contribution in [-0.2, 0) is 11.3 Å². The van der Waals surface area contributed by atoms with Gasteiger partial charge in [-0.3, -0.25) is 4.79 Å². The van der Waals surface area contributed by atoms with E-state index in [9.17, 15) is 4.79 Å². The van der Waals surface area contributed by atoms with E-state index in [0.717, 1.165) is 29.9 Å². The fourth-order valence-corrected chi connectivity index (χ4v) is 4.08. The largest absolute Gasteiger partial charge is 0.345 e. The number of piperidine rings is 1.